The Kier molecular flexibility index (Phi) is 6.58. The molecule has 3 aliphatic rings. The minimum absolute atomic E-state index is 0.0209. The standard InChI is InChI=1S/C27H30ClN7OS/c1-2-23(36)35-12-9-17(10-13-35)25-33-34-27(37-25)11-5-6-18(14-27)31-26-30-16-21(28)24(32-26)20-15-29-22-8-4-3-7-19(20)22/h2-4,7-8,15-18,29,34H,1,5-6,9-14H2,(H,30,31,32)/t18-,27-/m1/s1. The predicted molar refractivity (Wildman–Crippen MR) is 151 cm³/mol. The van der Waals surface area contributed by atoms with Gasteiger partial charge in [-0.3, -0.25) is 10.2 Å². The Bertz CT molecular complexity index is 1370. The summed E-state index contributed by atoms with van der Waals surface area (Å²) in [4.78, 5) is 26.3. The van der Waals surface area contributed by atoms with E-state index in [4.69, 9.17) is 21.7 Å². The van der Waals surface area contributed by atoms with Crippen molar-refractivity contribution in [2.45, 2.75) is 49.4 Å². The molecule has 3 aromatic rings. The summed E-state index contributed by atoms with van der Waals surface area (Å²) in [6, 6.07) is 8.36. The summed E-state index contributed by atoms with van der Waals surface area (Å²) in [6.07, 6.45) is 11.1. The molecule has 8 nitrogen and oxygen atoms in total. The molecule has 192 valence electrons. The fraction of sp³-hybridized carbons (Fsp3) is 0.407. The van der Waals surface area contributed by atoms with Gasteiger partial charge in [0.25, 0.3) is 0 Å². The van der Waals surface area contributed by atoms with Crippen molar-refractivity contribution in [1.82, 2.24) is 25.3 Å². The van der Waals surface area contributed by atoms with Gasteiger partial charge in [-0.2, -0.15) is 5.10 Å². The van der Waals surface area contributed by atoms with Crippen LogP contribution in [0, 0.1) is 5.92 Å². The zero-order valence-electron chi connectivity index (χ0n) is 20.5. The summed E-state index contributed by atoms with van der Waals surface area (Å²) in [6.45, 7) is 5.13. The number of halogens is 1. The number of hydrogen-bond acceptors (Lipinski definition) is 7. The van der Waals surface area contributed by atoms with Crippen LogP contribution in [0.4, 0.5) is 5.95 Å². The van der Waals surface area contributed by atoms with Crippen molar-refractivity contribution in [3.05, 3.63) is 54.3 Å². The van der Waals surface area contributed by atoms with Gasteiger partial charge in [0, 0.05) is 54.1 Å². The highest BCUT2D eigenvalue weighted by Gasteiger charge is 2.43. The lowest BCUT2D eigenvalue weighted by Crippen LogP contribution is -2.45. The van der Waals surface area contributed by atoms with Gasteiger partial charge < -0.3 is 15.2 Å². The van der Waals surface area contributed by atoms with E-state index in [1.165, 1.54) is 11.1 Å². The average molecular weight is 536 g/mol. The average Bonchev–Trinajstić information content (AvgIpc) is 3.54. The van der Waals surface area contributed by atoms with E-state index in [9.17, 15) is 4.79 Å². The van der Waals surface area contributed by atoms with Crippen molar-refractivity contribution in [2.24, 2.45) is 11.0 Å². The van der Waals surface area contributed by atoms with Crippen LogP contribution < -0.4 is 10.7 Å². The molecule has 1 saturated carbocycles. The van der Waals surface area contributed by atoms with Crippen LogP contribution in [0.1, 0.15) is 38.5 Å². The first-order valence-corrected chi connectivity index (χ1v) is 14.0. The van der Waals surface area contributed by atoms with E-state index >= 15 is 0 Å². The number of carbonyl (C=O) groups excluding carboxylic acids is 1. The van der Waals surface area contributed by atoms with Crippen molar-refractivity contribution < 1.29 is 4.79 Å². The number of benzene rings is 1. The van der Waals surface area contributed by atoms with E-state index in [2.05, 4.69) is 33.4 Å². The molecule has 2 aromatic heterocycles. The fourth-order valence-corrected chi connectivity index (χ4v) is 7.39. The normalized spacial score (nSPS) is 24.2. The molecular formula is C27H30ClN7OS. The van der Waals surface area contributed by atoms with Crippen molar-refractivity contribution in [1.29, 1.82) is 0 Å². The number of hydrogen-bond donors (Lipinski definition) is 3. The molecule has 1 aliphatic carbocycles. The molecule has 37 heavy (non-hydrogen) atoms. The Morgan fingerprint density at radius 2 is 2.11 bits per heavy atom. The predicted octanol–water partition coefficient (Wildman–Crippen LogP) is 5.40. The molecule has 1 aromatic carbocycles. The number of aromatic amines is 1. The van der Waals surface area contributed by atoms with Gasteiger partial charge in [0.2, 0.25) is 11.9 Å². The second-order valence-corrected chi connectivity index (χ2v) is 11.8. The number of likely N-dealkylation sites (tertiary alicyclic amines) is 1. The number of aromatic nitrogens is 3. The highest BCUT2D eigenvalue weighted by Crippen LogP contribution is 2.45. The van der Waals surface area contributed by atoms with Gasteiger partial charge in [0.15, 0.2) is 0 Å². The van der Waals surface area contributed by atoms with Crippen LogP contribution in [-0.2, 0) is 4.79 Å². The lowest BCUT2D eigenvalue weighted by Gasteiger charge is -2.37. The van der Waals surface area contributed by atoms with Crippen LogP contribution >= 0.6 is 23.4 Å². The molecule has 1 spiro atoms. The maximum absolute atomic E-state index is 11.9. The summed E-state index contributed by atoms with van der Waals surface area (Å²) >= 11 is 8.42. The SMILES string of the molecule is C=CC(=O)N1CCC(C2=NN[C@]3(CCC[C@@H](Nc4ncc(Cl)c(-c5c[nH]c6ccccc56)n4)C3)S2)CC1. The Hall–Kier alpha value is -3.04. The molecule has 0 radical (unpaired) electrons. The number of nitrogens with one attached hydrogen (secondary N) is 3. The molecule has 4 heterocycles. The van der Waals surface area contributed by atoms with Gasteiger partial charge in [-0.15, -0.1) is 0 Å². The smallest absolute Gasteiger partial charge is 0.245 e. The summed E-state index contributed by atoms with van der Waals surface area (Å²) in [5.41, 5.74) is 6.24. The van der Waals surface area contributed by atoms with Gasteiger partial charge in [-0.1, -0.05) is 48.1 Å². The number of piperidine rings is 1. The highest BCUT2D eigenvalue weighted by molar-refractivity contribution is 8.15. The van der Waals surface area contributed by atoms with Crippen molar-refractivity contribution in [3.63, 3.8) is 0 Å². The first-order chi connectivity index (χ1) is 18.0. The molecule has 1 saturated heterocycles. The number of nitrogens with zero attached hydrogens (tertiary/aromatic N) is 4. The molecule has 0 unspecified atom stereocenters. The fourth-order valence-electron chi connectivity index (χ4n) is 5.68. The van der Waals surface area contributed by atoms with E-state index in [-0.39, 0.29) is 16.8 Å². The molecule has 0 bridgehead atoms. The lowest BCUT2D eigenvalue weighted by atomic mass is 9.91. The second-order valence-electron chi connectivity index (χ2n) is 10.0. The molecule has 2 aliphatic heterocycles. The van der Waals surface area contributed by atoms with E-state index < -0.39 is 0 Å². The number of carbonyl (C=O) groups is 1. The first-order valence-electron chi connectivity index (χ1n) is 12.8. The maximum Gasteiger partial charge on any atom is 0.245 e. The van der Waals surface area contributed by atoms with Gasteiger partial charge in [-0.05, 0) is 44.2 Å². The zero-order valence-corrected chi connectivity index (χ0v) is 22.1. The summed E-state index contributed by atoms with van der Waals surface area (Å²) in [5.74, 6) is 1.01. The second kappa shape index (κ2) is 10.0. The van der Waals surface area contributed by atoms with Crippen LogP contribution in [0.5, 0.6) is 0 Å². The molecule has 2 atom stereocenters. The molecule has 10 heteroatoms. The minimum Gasteiger partial charge on any atom is -0.360 e. The molecule has 6 rings (SSSR count). The van der Waals surface area contributed by atoms with Gasteiger partial charge >= 0.3 is 0 Å². The minimum atomic E-state index is -0.106. The first kappa shape index (κ1) is 24.3. The number of fused-ring (bicyclic) bond motifs is 1. The number of rotatable bonds is 5. The van der Waals surface area contributed by atoms with Crippen molar-refractivity contribution in [3.8, 4) is 11.3 Å². The topological polar surface area (TPSA) is 98.3 Å². The van der Waals surface area contributed by atoms with Crippen LogP contribution in [-0.4, -0.2) is 54.8 Å². The van der Waals surface area contributed by atoms with Gasteiger partial charge in [0.1, 0.15) is 4.87 Å². The van der Waals surface area contributed by atoms with E-state index in [0.717, 1.165) is 73.8 Å². The Balaban J connectivity index is 1.12. The van der Waals surface area contributed by atoms with E-state index in [0.29, 0.717) is 16.9 Å². The summed E-state index contributed by atoms with van der Waals surface area (Å²) < 4.78 is 0. The number of amides is 1. The molecule has 3 N–H and O–H groups in total. The maximum atomic E-state index is 11.9. The van der Waals surface area contributed by atoms with Crippen LogP contribution in [0.15, 0.2) is 54.4 Å². The molecule has 2 fully saturated rings. The Labute approximate surface area is 225 Å². The largest absolute Gasteiger partial charge is 0.360 e. The monoisotopic (exact) mass is 535 g/mol. The Morgan fingerprint density at radius 1 is 1.27 bits per heavy atom. The van der Waals surface area contributed by atoms with E-state index in [1.807, 2.05) is 41.1 Å². The Morgan fingerprint density at radius 3 is 2.95 bits per heavy atom. The van der Waals surface area contributed by atoms with Crippen LogP contribution in [0.2, 0.25) is 5.02 Å². The summed E-state index contributed by atoms with van der Waals surface area (Å²) in [5, 5.41) is 11.2. The van der Waals surface area contributed by atoms with Crippen molar-refractivity contribution >= 4 is 51.2 Å². The van der Waals surface area contributed by atoms with Crippen LogP contribution in [0.25, 0.3) is 22.2 Å². The quantitative estimate of drug-likeness (QED) is 0.378. The number of hydrazone groups is 1. The van der Waals surface area contributed by atoms with Gasteiger partial charge in [0.05, 0.1) is 22.0 Å². The third-order valence-electron chi connectivity index (χ3n) is 7.63. The number of thioether (sulfide) groups is 1. The lowest BCUT2D eigenvalue weighted by molar-refractivity contribution is -0.127. The molecule has 1 amide bonds. The zero-order chi connectivity index (χ0) is 25.4. The highest BCUT2D eigenvalue weighted by atomic mass is 35.5. The molecular weight excluding hydrogens is 506 g/mol. The number of H-pyrrole nitrogens is 1. The third-order valence-corrected chi connectivity index (χ3v) is 9.39. The number of para-hydroxylation sites is 1. The van der Waals surface area contributed by atoms with Crippen molar-refractivity contribution in [2.75, 3.05) is 18.4 Å². The third kappa shape index (κ3) is 4.82. The summed E-state index contributed by atoms with van der Waals surface area (Å²) in [7, 11) is 0. The van der Waals surface area contributed by atoms with Gasteiger partial charge in [-0.25, -0.2) is 9.97 Å². The number of anilines is 1. The van der Waals surface area contributed by atoms with E-state index in [1.54, 1.807) is 6.20 Å². The van der Waals surface area contributed by atoms with Crippen LogP contribution in [0.3, 0.4) is 0 Å².